The first-order chi connectivity index (χ1) is 28.5. The van der Waals surface area contributed by atoms with Crippen LogP contribution in [0.25, 0.3) is 11.1 Å². The molecule has 0 aliphatic carbocycles. The van der Waals surface area contributed by atoms with E-state index in [0.29, 0.717) is 24.3 Å². The van der Waals surface area contributed by atoms with Gasteiger partial charge in [-0.05, 0) is 123 Å². The van der Waals surface area contributed by atoms with Crippen LogP contribution in [0, 0.1) is 0 Å². The fraction of sp³-hybridized carbons (Fsp3) is 0.227. The molecule has 2 heterocycles. The van der Waals surface area contributed by atoms with Crippen LogP contribution in [0.15, 0.2) is 156 Å². The van der Waals surface area contributed by atoms with Gasteiger partial charge in [0.1, 0.15) is 12.2 Å². The molecule has 0 spiro atoms. The van der Waals surface area contributed by atoms with Gasteiger partial charge >= 0.3 is 0 Å². The van der Waals surface area contributed by atoms with Crippen molar-refractivity contribution in [2.75, 3.05) is 54.5 Å². The van der Waals surface area contributed by atoms with Crippen LogP contribution < -0.4 is 0 Å². The number of benzene rings is 4. The average molecular weight is 896 g/mol. The summed E-state index contributed by atoms with van der Waals surface area (Å²) in [7, 11) is -0.364. The maximum atomic E-state index is 10.9. The summed E-state index contributed by atoms with van der Waals surface area (Å²) in [5, 5.41) is 1.45. The Labute approximate surface area is 362 Å². The Hall–Kier alpha value is -4.58. The molecule has 0 saturated heterocycles. The maximum absolute atomic E-state index is 10.9. The standard InChI is InChI=1S/2C16H19ClN2O.C12H10O6S2/c2*1-19(2)11-12-20-16(15-5-3-4-10-18-15)13-6-8-14(17)9-7-13;13-19(14,15)11-5-1-9(2-6-11)10-3-7-12(8-4-10)20(16,17)18/h2*3-10,16H,11-12H2,1-2H3;1-8H,(H,13,14,15)(H,16,17,18). The van der Waals surface area contributed by atoms with Crippen LogP contribution in [0.2, 0.25) is 10.0 Å². The van der Waals surface area contributed by atoms with Crippen LogP contribution in [0.1, 0.15) is 34.7 Å². The molecule has 6 rings (SSSR count). The number of nitrogens with zero attached hydrogens (tertiary/aromatic N) is 4. The predicted molar refractivity (Wildman–Crippen MR) is 236 cm³/mol. The molecule has 0 saturated carbocycles. The highest BCUT2D eigenvalue weighted by Gasteiger charge is 2.17. The number of aromatic nitrogens is 2. The Bertz CT molecular complexity index is 2220. The predicted octanol–water partition coefficient (Wildman–Crippen LogP) is 8.65. The van der Waals surface area contributed by atoms with Gasteiger partial charge < -0.3 is 19.3 Å². The van der Waals surface area contributed by atoms with Gasteiger partial charge in [-0.15, -0.1) is 0 Å². The molecule has 16 heteroatoms. The first-order valence-electron chi connectivity index (χ1n) is 18.5. The molecular formula is C44H48Cl2N4O8S2. The van der Waals surface area contributed by atoms with Crippen molar-refractivity contribution in [2.24, 2.45) is 0 Å². The lowest BCUT2D eigenvalue weighted by Gasteiger charge is -2.19. The van der Waals surface area contributed by atoms with E-state index in [1.807, 2.05) is 113 Å². The minimum atomic E-state index is -4.24. The minimum Gasteiger partial charge on any atom is -0.366 e. The summed E-state index contributed by atoms with van der Waals surface area (Å²) < 4.78 is 73.3. The molecule has 12 nitrogen and oxygen atoms in total. The molecule has 0 aliphatic rings. The molecule has 0 fully saturated rings. The van der Waals surface area contributed by atoms with Crippen molar-refractivity contribution in [3.63, 3.8) is 0 Å². The van der Waals surface area contributed by atoms with E-state index in [2.05, 4.69) is 19.8 Å². The first-order valence-corrected chi connectivity index (χ1v) is 22.2. The topological polar surface area (TPSA) is 159 Å². The highest BCUT2D eigenvalue weighted by atomic mass is 35.5. The molecule has 2 atom stereocenters. The second-order valence-electron chi connectivity index (χ2n) is 13.7. The average Bonchev–Trinajstić information content (AvgIpc) is 3.22. The van der Waals surface area contributed by atoms with Crippen LogP contribution in [-0.4, -0.2) is 100 Å². The van der Waals surface area contributed by atoms with Gasteiger partial charge in [-0.3, -0.25) is 19.1 Å². The van der Waals surface area contributed by atoms with E-state index in [4.69, 9.17) is 41.8 Å². The number of pyridine rings is 2. The lowest BCUT2D eigenvalue weighted by Crippen LogP contribution is -2.20. The molecular weight excluding hydrogens is 848 g/mol. The number of hydrogen-bond donors (Lipinski definition) is 2. The first kappa shape index (κ1) is 48.1. The highest BCUT2D eigenvalue weighted by Crippen LogP contribution is 2.27. The number of halogens is 2. The Kier molecular flexibility index (Phi) is 18.8. The van der Waals surface area contributed by atoms with Crippen molar-refractivity contribution >= 4 is 43.4 Å². The fourth-order valence-electron chi connectivity index (χ4n) is 5.39. The van der Waals surface area contributed by atoms with Crippen LogP contribution in [0.3, 0.4) is 0 Å². The molecule has 0 bridgehead atoms. The molecule has 0 radical (unpaired) electrons. The van der Waals surface area contributed by atoms with Crippen LogP contribution in [0.4, 0.5) is 0 Å². The zero-order valence-corrected chi connectivity index (χ0v) is 36.7. The molecule has 318 valence electrons. The van der Waals surface area contributed by atoms with E-state index in [0.717, 1.165) is 45.6 Å². The second-order valence-corrected chi connectivity index (χ2v) is 17.4. The molecule has 4 aromatic carbocycles. The van der Waals surface area contributed by atoms with Gasteiger partial charge in [-0.2, -0.15) is 16.8 Å². The molecule has 6 aromatic rings. The zero-order chi connectivity index (χ0) is 43.7. The number of ether oxygens (including phenoxy) is 2. The molecule has 2 aromatic heterocycles. The van der Waals surface area contributed by atoms with Crippen molar-refractivity contribution in [3.05, 3.63) is 178 Å². The van der Waals surface area contributed by atoms with E-state index in [1.165, 1.54) is 48.5 Å². The third-order valence-electron chi connectivity index (χ3n) is 8.54. The van der Waals surface area contributed by atoms with Gasteiger partial charge in [0, 0.05) is 35.5 Å². The van der Waals surface area contributed by atoms with E-state index >= 15 is 0 Å². The van der Waals surface area contributed by atoms with Crippen LogP contribution in [0.5, 0.6) is 0 Å². The normalized spacial score (nSPS) is 12.5. The smallest absolute Gasteiger partial charge is 0.294 e. The van der Waals surface area contributed by atoms with E-state index in [9.17, 15) is 16.8 Å². The summed E-state index contributed by atoms with van der Waals surface area (Å²) in [6.45, 7) is 3.04. The van der Waals surface area contributed by atoms with E-state index < -0.39 is 20.2 Å². The Morgan fingerprint density at radius 1 is 0.517 bits per heavy atom. The van der Waals surface area contributed by atoms with E-state index in [-0.39, 0.29) is 22.0 Å². The molecule has 2 unspecified atom stereocenters. The lowest BCUT2D eigenvalue weighted by atomic mass is 10.1. The summed E-state index contributed by atoms with van der Waals surface area (Å²) in [6.07, 6.45) is 3.25. The summed E-state index contributed by atoms with van der Waals surface area (Å²) >= 11 is 11.9. The largest absolute Gasteiger partial charge is 0.366 e. The highest BCUT2D eigenvalue weighted by molar-refractivity contribution is 7.86. The van der Waals surface area contributed by atoms with Gasteiger partial charge in [0.2, 0.25) is 0 Å². The summed E-state index contributed by atoms with van der Waals surface area (Å²) in [4.78, 5) is 12.5. The van der Waals surface area contributed by atoms with Gasteiger partial charge in [0.15, 0.2) is 0 Å². The monoisotopic (exact) mass is 894 g/mol. The third-order valence-corrected chi connectivity index (χ3v) is 10.8. The molecule has 0 aliphatic heterocycles. The van der Waals surface area contributed by atoms with Crippen molar-refractivity contribution in [2.45, 2.75) is 22.0 Å². The number of likely N-dealkylation sites (N-methyl/N-ethyl adjacent to an activating group) is 2. The lowest BCUT2D eigenvalue weighted by molar-refractivity contribution is 0.0661. The van der Waals surface area contributed by atoms with Crippen LogP contribution >= 0.6 is 23.2 Å². The van der Waals surface area contributed by atoms with Gasteiger partial charge in [-0.1, -0.05) is 83.9 Å². The molecule has 60 heavy (non-hydrogen) atoms. The van der Waals surface area contributed by atoms with E-state index in [1.54, 1.807) is 12.4 Å². The maximum Gasteiger partial charge on any atom is 0.294 e. The van der Waals surface area contributed by atoms with Gasteiger partial charge in [0.25, 0.3) is 20.2 Å². The minimum absolute atomic E-state index is 0.159. The van der Waals surface area contributed by atoms with Crippen molar-refractivity contribution < 1.29 is 35.4 Å². The Morgan fingerprint density at radius 3 is 1.12 bits per heavy atom. The molecule has 2 N–H and O–H groups in total. The van der Waals surface area contributed by atoms with Crippen molar-refractivity contribution in [1.82, 2.24) is 19.8 Å². The summed E-state index contributed by atoms with van der Waals surface area (Å²) in [6, 6.07) is 38.0. The fourth-order valence-corrected chi connectivity index (χ4v) is 6.60. The third kappa shape index (κ3) is 16.1. The Balaban J connectivity index is 0.000000198. The zero-order valence-electron chi connectivity index (χ0n) is 33.5. The summed E-state index contributed by atoms with van der Waals surface area (Å²) in [5.74, 6) is 0. The Morgan fingerprint density at radius 2 is 0.850 bits per heavy atom. The quantitative estimate of drug-likeness (QED) is 0.0947. The second kappa shape index (κ2) is 23.4. The van der Waals surface area contributed by atoms with Crippen molar-refractivity contribution in [3.8, 4) is 11.1 Å². The molecule has 0 amide bonds. The number of rotatable bonds is 15. The number of hydrogen-bond acceptors (Lipinski definition) is 10. The summed E-state index contributed by atoms with van der Waals surface area (Å²) in [5.41, 5.74) is 5.22. The van der Waals surface area contributed by atoms with Crippen molar-refractivity contribution in [1.29, 1.82) is 0 Å². The van der Waals surface area contributed by atoms with Gasteiger partial charge in [-0.25, -0.2) is 0 Å². The van der Waals surface area contributed by atoms with Gasteiger partial charge in [0.05, 0.1) is 34.4 Å². The van der Waals surface area contributed by atoms with Crippen LogP contribution in [-0.2, 0) is 29.7 Å². The SMILES string of the molecule is CN(C)CCOC(c1ccc(Cl)cc1)c1ccccn1.CN(C)CCOC(c1ccc(Cl)cc1)c1ccccn1.O=S(=O)(O)c1ccc(-c2ccc(S(=O)(=O)O)cc2)cc1.